The average Bonchev–Trinajstić information content (AvgIpc) is 2.86. The van der Waals surface area contributed by atoms with Crippen molar-refractivity contribution in [1.29, 1.82) is 0 Å². The molecule has 1 atom stereocenters. The van der Waals surface area contributed by atoms with Gasteiger partial charge in [0.2, 0.25) is 11.8 Å². The molecular formula is C16H28N4O2. The Kier molecular flexibility index (Phi) is 4.90. The van der Waals surface area contributed by atoms with Crippen LogP contribution in [0.3, 0.4) is 0 Å². The van der Waals surface area contributed by atoms with Crippen molar-refractivity contribution in [3.05, 3.63) is 11.7 Å². The van der Waals surface area contributed by atoms with Gasteiger partial charge in [-0.05, 0) is 12.8 Å². The molecule has 0 N–H and O–H groups in total. The van der Waals surface area contributed by atoms with E-state index in [1.807, 2.05) is 32.6 Å². The lowest BCUT2D eigenvalue weighted by Crippen LogP contribution is -2.56. The number of piperazine rings is 1. The van der Waals surface area contributed by atoms with E-state index in [4.69, 9.17) is 4.52 Å². The fourth-order valence-electron chi connectivity index (χ4n) is 2.62. The highest BCUT2D eigenvalue weighted by molar-refractivity contribution is 5.82. The third-order valence-corrected chi connectivity index (χ3v) is 3.91. The molecule has 0 aliphatic carbocycles. The Morgan fingerprint density at radius 2 is 2.00 bits per heavy atom. The van der Waals surface area contributed by atoms with Crippen molar-refractivity contribution in [2.45, 2.75) is 59.5 Å². The maximum Gasteiger partial charge on any atom is 0.239 e. The Morgan fingerprint density at radius 1 is 1.32 bits per heavy atom. The summed E-state index contributed by atoms with van der Waals surface area (Å²) in [5, 5.41) is 4.05. The van der Waals surface area contributed by atoms with E-state index in [1.165, 1.54) is 0 Å². The first-order valence-corrected chi connectivity index (χ1v) is 8.04. The molecule has 124 valence electrons. The molecular weight excluding hydrogens is 280 g/mol. The van der Waals surface area contributed by atoms with Crippen LogP contribution in [-0.2, 0) is 16.8 Å². The number of carbonyl (C=O) groups is 1. The van der Waals surface area contributed by atoms with Crippen LogP contribution in [-0.4, -0.2) is 51.5 Å². The van der Waals surface area contributed by atoms with Gasteiger partial charge in [-0.1, -0.05) is 39.8 Å². The molecule has 2 heterocycles. The van der Waals surface area contributed by atoms with E-state index < -0.39 is 0 Å². The zero-order valence-electron chi connectivity index (χ0n) is 14.6. The molecule has 0 aromatic carbocycles. The molecule has 1 fully saturated rings. The zero-order chi connectivity index (χ0) is 16.5. The van der Waals surface area contributed by atoms with E-state index in [2.05, 4.69) is 28.9 Å². The van der Waals surface area contributed by atoms with E-state index >= 15 is 0 Å². The molecule has 0 unspecified atom stereocenters. The fourth-order valence-corrected chi connectivity index (χ4v) is 2.62. The maximum absolute atomic E-state index is 12.4. The van der Waals surface area contributed by atoms with Gasteiger partial charge in [0.1, 0.15) is 0 Å². The number of hydrogen-bond acceptors (Lipinski definition) is 5. The van der Waals surface area contributed by atoms with Crippen LogP contribution in [0.4, 0.5) is 0 Å². The van der Waals surface area contributed by atoms with Crippen molar-refractivity contribution in [2.24, 2.45) is 5.92 Å². The second-order valence-electron chi connectivity index (χ2n) is 7.59. The lowest BCUT2D eigenvalue weighted by atomic mass is 9.97. The van der Waals surface area contributed by atoms with Gasteiger partial charge in [-0.3, -0.25) is 9.69 Å². The topological polar surface area (TPSA) is 62.5 Å². The summed E-state index contributed by atoms with van der Waals surface area (Å²) in [5.41, 5.74) is -0.150. The predicted octanol–water partition coefficient (Wildman–Crippen LogP) is 2.06. The van der Waals surface area contributed by atoms with E-state index in [9.17, 15) is 4.79 Å². The van der Waals surface area contributed by atoms with Crippen LogP contribution in [0.2, 0.25) is 0 Å². The molecule has 1 aromatic heterocycles. The Morgan fingerprint density at radius 3 is 2.55 bits per heavy atom. The summed E-state index contributed by atoms with van der Waals surface area (Å²) in [5.74, 6) is 1.98. The highest BCUT2D eigenvalue weighted by atomic mass is 16.5. The van der Waals surface area contributed by atoms with Gasteiger partial charge >= 0.3 is 0 Å². The summed E-state index contributed by atoms with van der Waals surface area (Å²) < 4.78 is 5.32. The Hall–Kier alpha value is -1.43. The van der Waals surface area contributed by atoms with Crippen LogP contribution in [0.5, 0.6) is 0 Å². The Bertz CT molecular complexity index is 518. The number of amides is 1. The van der Waals surface area contributed by atoms with Crippen LogP contribution in [0.1, 0.15) is 53.3 Å². The maximum atomic E-state index is 12.4. The zero-order valence-corrected chi connectivity index (χ0v) is 14.6. The van der Waals surface area contributed by atoms with E-state index in [-0.39, 0.29) is 17.4 Å². The predicted molar refractivity (Wildman–Crippen MR) is 84.3 cm³/mol. The molecule has 1 saturated heterocycles. The van der Waals surface area contributed by atoms with E-state index in [0.717, 1.165) is 19.6 Å². The first-order valence-electron chi connectivity index (χ1n) is 8.04. The highest BCUT2D eigenvalue weighted by Gasteiger charge is 2.32. The standard InChI is InChI=1S/C16H28N4O2/c1-11(2)9-20-8-7-19(12(3)14(20)21)10-13-17-15(22-18-13)16(4,5)6/h11-12H,7-10H2,1-6H3/t12-/m0/s1. The summed E-state index contributed by atoms with van der Waals surface area (Å²) in [4.78, 5) is 21.0. The third kappa shape index (κ3) is 3.85. The Labute approximate surface area is 132 Å². The first-order chi connectivity index (χ1) is 10.2. The summed E-state index contributed by atoms with van der Waals surface area (Å²) in [6.45, 7) is 15.4. The molecule has 0 bridgehead atoms. The molecule has 0 radical (unpaired) electrons. The number of nitrogens with zero attached hydrogens (tertiary/aromatic N) is 4. The van der Waals surface area contributed by atoms with Gasteiger partial charge in [-0.25, -0.2) is 0 Å². The molecule has 1 amide bonds. The molecule has 6 nitrogen and oxygen atoms in total. The normalized spacial score (nSPS) is 21.0. The van der Waals surface area contributed by atoms with Gasteiger partial charge in [-0.2, -0.15) is 4.98 Å². The second-order valence-corrected chi connectivity index (χ2v) is 7.59. The van der Waals surface area contributed by atoms with Crippen molar-refractivity contribution >= 4 is 5.91 Å². The molecule has 1 aliphatic heterocycles. The van der Waals surface area contributed by atoms with Gasteiger partial charge in [0.05, 0.1) is 12.6 Å². The van der Waals surface area contributed by atoms with Crippen LogP contribution in [0.15, 0.2) is 4.52 Å². The quantitative estimate of drug-likeness (QED) is 0.852. The minimum Gasteiger partial charge on any atom is -0.340 e. The molecule has 22 heavy (non-hydrogen) atoms. The van der Waals surface area contributed by atoms with Crippen molar-refractivity contribution < 1.29 is 9.32 Å². The minimum absolute atomic E-state index is 0.135. The average molecular weight is 308 g/mol. The number of rotatable bonds is 4. The smallest absolute Gasteiger partial charge is 0.239 e. The van der Waals surface area contributed by atoms with E-state index in [0.29, 0.717) is 24.2 Å². The summed E-state index contributed by atoms with van der Waals surface area (Å²) >= 11 is 0. The lowest BCUT2D eigenvalue weighted by Gasteiger charge is -2.39. The number of carbonyl (C=O) groups excluding carboxylic acids is 1. The van der Waals surface area contributed by atoms with Gasteiger partial charge in [0.25, 0.3) is 0 Å². The molecule has 1 aliphatic rings. The van der Waals surface area contributed by atoms with Crippen LogP contribution in [0, 0.1) is 5.92 Å². The summed E-state index contributed by atoms with van der Waals surface area (Å²) in [6.07, 6.45) is 0. The van der Waals surface area contributed by atoms with Gasteiger partial charge in [0, 0.05) is 25.0 Å². The molecule has 1 aromatic rings. The van der Waals surface area contributed by atoms with Gasteiger partial charge < -0.3 is 9.42 Å². The highest BCUT2D eigenvalue weighted by Crippen LogP contribution is 2.21. The summed E-state index contributed by atoms with van der Waals surface area (Å²) in [7, 11) is 0. The van der Waals surface area contributed by atoms with Gasteiger partial charge in [-0.15, -0.1) is 0 Å². The number of aromatic nitrogens is 2. The van der Waals surface area contributed by atoms with Crippen molar-refractivity contribution in [3.8, 4) is 0 Å². The lowest BCUT2D eigenvalue weighted by molar-refractivity contribution is -0.142. The monoisotopic (exact) mass is 308 g/mol. The molecule has 2 rings (SSSR count). The van der Waals surface area contributed by atoms with Crippen LogP contribution in [0.25, 0.3) is 0 Å². The SMILES string of the molecule is CC(C)CN1CCN(Cc2noc(C(C)(C)C)n2)[C@@H](C)C1=O. The second kappa shape index (κ2) is 6.36. The molecule has 0 spiro atoms. The number of hydrogen-bond donors (Lipinski definition) is 0. The summed E-state index contributed by atoms with van der Waals surface area (Å²) in [6, 6.07) is -0.135. The van der Waals surface area contributed by atoms with Crippen molar-refractivity contribution in [1.82, 2.24) is 19.9 Å². The first kappa shape index (κ1) is 16.9. The van der Waals surface area contributed by atoms with Crippen molar-refractivity contribution in [3.63, 3.8) is 0 Å². The van der Waals surface area contributed by atoms with Crippen LogP contribution >= 0.6 is 0 Å². The van der Waals surface area contributed by atoms with Crippen molar-refractivity contribution in [2.75, 3.05) is 19.6 Å². The molecule has 0 saturated carbocycles. The Balaban J connectivity index is 2.00. The molecule has 6 heteroatoms. The largest absolute Gasteiger partial charge is 0.340 e. The minimum atomic E-state index is -0.150. The fraction of sp³-hybridized carbons (Fsp3) is 0.812. The third-order valence-electron chi connectivity index (χ3n) is 3.91. The van der Waals surface area contributed by atoms with Gasteiger partial charge in [0.15, 0.2) is 5.82 Å². The van der Waals surface area contributed by atoms with Crippen LogP contribution < -0.4 is 0 Å². The van der Waals surface area contributed by atoms with E-state index in [1.54, 1.807) is 0 Å².